The number of carboxylic acids is 1. The number of nitrogens with one attached hydrogen (secondary N) is 1. The molecule has 1 amide bonds. The molecular formula is C19H19N3O6. The molecule has 4 rings (SSSR count). The van der Waals surface area contributed by atoms with E-state index >= 15 is 0 Å². The number of carboxylic acid groups (broad SMARTS) is 1. The summed E-state index contributed by atoms with van der Waals surface area (Å²) in [6.45, 7) is 1.78. The summed E-state index contributed by atoms with van der Waals surface area (Å²) in [5, 5.41) is 11.8. The smallest absolute Gasteiger partial charge is 0.356 e. The summed E-state index contributed by atoms with van der Waals surface area (Å²) >= 11 is 0. The van der Waals surface area contributed by atoms with Gasteiger partial charge in [0.05, 0.1) is 12.4 Å². The second kappa shape index (κ2) is 7.43. The number of fused-ring (bicyclic) bond motifs is 1. The number of nitrogens with zero attached hydrogens (tertiary/aromatic N) is 2. The number of ether oxygens (including phenoxy) is 3. The van der Waals surface area contributed by atoms with Crippen LogP contribution in [-0.2, 0) is 10.2 Å². The van der Waals surface area contributed by atoms with E-state index in [9.17, 15) is 9.59 Å². The maximum Gasteiger partial charge on any atom is 0.356 e. The van der Waals surface area contributed by atoms with Crippen LogP contribution in [0.2, 0.25) is 0 Å². The lowest BCUT2D eigenvalue weighted by Crippen LogP contribution is -2.44. The number of aromatic nitrogens is 2. The molecule has 1 aromatic carbocycles. The molecule has 2 aliphatic heterocycles. The van der Waals surface area contributed by atoms with Gasteiger partial charge in [0.2, 0.25) is 6.79 Å². The highest BCUT2D eigenvalue weighted by atomic mass is 16.7. The Kier molecular flexibility index (Phi) is 4.82. The van der Waals surface area contributed by atoms with Gasteiger partial charge >= 0.3 is 5.97 Å². The fraction of sp³-hybridized carbons (Fsp3) is 0.368. The Morgan fingerprint density at radius 3 is 2.50 bits per heavy atom. The zero-order valence-corrected chi connectivity index (χ0v) is 15.0. The van der Waals surface area contributed by atoms with E-state index in [1.54, 1.807) is 0 Å². The van der Waals surface area contributed by atoms with E-state index in [0.29, 0.717) is 31.3 Å². The van der Waals surface area contributed by atoms with Gasteiger partial charge in [0.15, 0.2) is 17.2 Å². The molecule has 1 saturated heterocycles. The zero-order chi connectivity index (χ0) is 19.6. The normalized spacial score (nSPS) is 17.1. The molecule has 9 heteroatoms. The minimum absolute atomic E-state index is 0.0675. The van der Waals surface area contributed by atoms with Crippen LogP contribution in [0, 0.1) is 0 Å². The predicted molar refractivity (Wildman–Crippen MR) is 95.6 cm³/mol. The molecular weight excluding hydrogens is 366 g/mol. The van der Waals surface area contributed by atoms with Gasteiger partial charge in [-0.05, 0) is 30.5 Å². The lowest BCUT2D eigenvalue weighted by Gasteiger charge is -2.38. The molecule has 2 aliphatic rings. The zero-order valence-electron chi connectivity index (χ0n) is 15.0. The van der Waals surface area contributed by atoms with Gasteiger partial charge in [-0.25, -0.2) is 14.8 Å². The fourth-order valence-corrected chi connectivity index (χ4v) is 3.45. The summed E-state index contributed by atoms with van der Waals surface area (Å²) in [5.74, 6) is -0.187. The largest absolute Gasteiger partial charge is 0.476 e. The van der Waals surface area contributed by atoms with Crippen LogP contribution in [0.4, 0.5) is 0 Å². The number of rotatable bonds is 5. The lowest BCUT2D eigenvalue weighted by atomic mass is 9.74. The van der Waals surface area contributed by atoms with Crippen LogP contribution in [0.3, 0.4) is 0 Å². The second-order valence-electron chi connectivity index (χ2n) is 6.74. The highest BCUT2D eigenvalue weighted by Gasteiger charge is 2.36. The van der Waals surface area contributed by atoms with E-state index in [-0.39, 0.29) is 23.6 Å². The molecule has 146 valence electrons. The number of aromatic carboxylic acids is 1. The minimum atomic E-state index is -1.19. The van der Waals surface area contributed by atoms with Crippen LogP contribution in [-0.4, -0.2) is 53.5 Å². The number of amides is 1. The summed E-state index contributed by atoms with van der Waals surface area (Å²) in [5.41, 5.74) is 0.604. The van der Waals surface area contributed by atoms with Gasteiger partial charge in [0, 0.05) is 25.2 Å². The first-order valence-corrected chi connectivity index (χ1v) is 8.89. The van der Waals surface area contributed by atoms with Crippen LogP contribution in [0.5, 0.6) is 11.5 Å². The second-order valence-corrected chi connectivity index (χ2v) is 6.74. The van der Waals surface area contributed by atoms with Crippen LogP contribution < -0.4 is 14.8 Å². The van der Waals surface area contributed by atoms with E-state index in [1.807, 2.05) is 18.2 Å². The summed E-state index contributed by atoms with van der Waals surface area (Å²) in [4.78, 5) is 31.0. The molecule has 1 aromatic heterocycles. The third-order valence-corrected chi connectivity index (χ3v) is 5.13. The molecule has 9 nitrogen and oxygen atoms in total. The first-order chi connectivity index (χ1) is 13.6. The Labute approximate surface area is 160 Å². The van der Waals surface area contributed by atoms with Gasteiger partial charge in [-0.15, -0.1) is 0 Å². The monoisotopic (exact) mass is 385 g/mol. The lowest BCUT2D eigenvalue weighted by molar-refractivity contribution is 0.0486. The van der Waals surface area contributed by atoms with Crippen LogP contribution >= 0.6 is 0 Å². The van der Waals surface area contributed by atoms with Gasteiger partial charge in [-0.3, -0.25) is 4.79 Å². The number of hydrogen-bond donors (Lipinski definition) is 2. The Balaban J connectivity index is 1.52. The van der Waals surface area contributed by atoms with E-state index < -0.39 is 11.9 Å². The van der Waals surface area contributed by atoms with Crippen molar-refractivity contribution in [2.75, 3.05) is 26.6 Å². The van der Waals surface area contributed by atoms with Crippen molar-refractivity contribution in [2.24, 2.45) is 0 Å². The van der Waals surface area contributed by atoms with Crippen LogP contribution in [0.25, 0.3) is 0 Å². The summed E-state index contributed by atoms with van der Waals surface area (Å²) in [6.07, 6.45) is 3.72. The molecule has 0 unspecified atom stereocenters. The molecule has 2 N–H and O–H groups in total. The van der Waals surface area contributed by atoms with Crippen molar-refractivity contribution in [3.63, 3.8) is 0 Å². The van der Waals surface area contributed by atoms with Crippen molar-refractivity contribution in [1.29, 1.82) is 0 Å². The molecule has 28 heavy (non-hydrogen) atoms. The highest BCUT2D eigenvalue weighted by molar-refractivity contribution is 5.92. The molecule has 0 radical (unpaired) electrons. The van der Waals surface area contributed by atoms with E-state index in [0.717, 1.165) is 30.8 Å². The van der Waals surface area contributed by atoms with Gasteiger partial charge in [0.1, 0.15) is 5.69 Å². The van der Waals surface area contributed by atoms with E-state index in [2.05, 4.69) is 15.3 Å². The van der Waals surface area contributed by atoms with Crippen LogP contribution in [0.15, 0.2) is 30.6 Å². The molecule has 0 bridgehead atoms. The first-order valence-electron chi connectivity index (χ1n) is 8.89. The van der Waals surface area contributed by atoms with Gasteiger partial charge in [-0.1, -0.05) is 6.07 Å². The summed E-state index contributed by atoms with van der Waals surface area (Å²) in [7, 11) is 0. The summed E-state index contributed by atoms with van der Waals surface area (Å²) < 4.78 is 16.4. The van der Waals surface area contributed by atoms with Crippen molar-refractivity contribution in [3.8, 4) is 11.5 Å². The molecule has 1 fully saturated rings. The Bertz CT molecular complexity index is 893. The van der Waals surface area contributed by atoms with Crippen molar-refractivity contribution < 1.29 is 28.9 Å². The van der Waals surface area contributed by atoms with Crippen molar-refractivity contribution in [1.82, 2.24) is 15.3 Å². The van der Waals surface area contributed by atoms with Gasteiger partial charge in [0.25, 0.3) is 5.91 Å². The maximum absolute atomic E-state index is 12.5. The third-order valence-electron chi connectivity index (χ3n) is 5.13. The number of carbonyl (C=O) groups excluding carboxylic acids is 1. The fourth-order valence-electron chi connectivity index (χ4n) is 3.45. The SMILES string of the molecule is O=C(O)c1cnc(C(=O)NCC2(c3ccc4c(c3)OCO4)CCOCC2)cn1. The maximum atomic E-state index is 12.5. The van der Waals surface area contributed by atoms with Gasteiger partial charge < -0.3 is 24.6 Å². The predicted octanol–water partition coefficient (Wildman–Crippen LogP) is 1.38. The molecule has 3 heterocycles. The summed E-state index contributed by atoms with van der Waals surface area (Å²) in [6, 6.07) is 5.83. The topological polar surface area (TPSA) is 120 Å². The van der Waals surface area contributed by atoms with E-state index in [1.165, 1.54) is 0 Å². The molecule has 2 aromatic rings. The Morgan fingerprint density at radius 2 is 1.79 bits per heavy atom. The molecule has 0 saturated carbocycles. The average Bonchev–Trinajstić information content (AvgIpc) is 3.21. The Hall–Kier alpha value is -3.20. The van der Waals surface area contributed by atoms with Crippen molar-refractivity contribution >= 4 is 11.9 Å². The number of benzene rings is 1. The molecule has 0 atom stereocenters. The molecule has 0 aliphatic carbocycles. The first kappa shape index (κ1) is 18.2. The average molecular weight is 385 g/mol. The van der Waals surface area contributed by atoms with Crippen LogP contribution in [0.1, 0.15) is 39.4 Å². The van der Waals surface area contributed by atoms with Crippen molar-refractivity contribution in [2.45, 2.75) is 18.3 Å². The Morgan fingerprint density at radius 1 is 1.07 bits per heavy atom. The highest BCUT2D eigenvalue weighted by Crippen LogP contribution is 2.40. The standard InChI is InChI=1S/C19H19N3O6/c23-17(13-8-21-14(9-20-13)18(24)25)22-10-19(3-5-26-6-4-19)12-1-2-15-16(7-12)28-11-27-15/h1-2,7-9H,3-6,10-11H2,(H,22,23)(H,24,25). The quantitative estimate of drug-likeness (QED) is 0.792. The van der Waals surface area contributed by atoms with E-state index in [4.69, 9.17) is 19.3 Å². The number of hydrogen-bond acceptors (Lipinski definition) is 7. The van der Waals surface area contributed by atoms with Crippen molar-refractivity contribution in [3.05, 3.63) is 47.5 Å². The minimum Gasteiger partial charge on any atom is -0.476 e. The van der Waals surface area contributed by atoms with Gasteiger partial charge in [-0.2, -0.15) is 0 Å². The third kappa shape index (κ3) is 3.48. The molecule has 0 spiro atoms. The number of carbonyl (C=O) groups is 2.